The van der Waals surface area contributed by atoms with E-state index in [9.17, 15) is 4.79 Å². The van der Waals surface area contributed by atoms with Crippen molar-refractivity contribution >= 4 is 28.3 Å². The van der Waals surface area contributed by atoms with E-state index in [-0.39, 0.29) is 5.91 Å². The van der Waals surface area contributed by atoms with Crippen molar-refractivity contribution in [2.24, 2.45) is 0 Å². The van der Waals surface area contributed by atoms with Crippen LogP contribution in [0.3, 0.4) is 0 Å². The number of carbonyl (C=O) groups excluding carboxylic acids is 1. The van der Waals surface area contributed by atoms with E-state index in [4.69, 9.17) is 11.6 Å². The second-order valence-corrected chi connectivity index (χ2v) is 7.17. The smallest absolute Gasteiger partial charge is 0.268 e. The number of rotatable bonds is 5. The molecule has 2 heterocycles. The van der Waals surface area contributed by atoms with Gasteiger partial charge < -0.3 is 15.2 Å². The van der Waals surface area contributed by atoms with Crippen LogP contribution < -0.4 is 5.32 Å². The second kappa shape index (κ2) is 7.52. The fraction of sp³-hybridized carbons (Fsp3) is 0.286. The normalized spacial score (nSPS) is 14.8. The number of H-pyrrole nitrogens is 1. The lowest BCUT2D eigenvalue weighted by atomic mass is 10.1. The first kappa shape index (κ1) is 17.1. The molecule has 4 nitrogen and oxygen atoms in total. The summed E-state index contributed by atoms with van der Waals surface area (Å²) < 4.78 is 0. The SMILES string of the molecule is O=C(NCCN1CCCC1)c1[nH]c(-c2ccccc2)c2cc(Cl)ccc12. The van der Waals surface area contributed by atoms with Crippen molar-refractivity contribution < 1.29 is 4.79 Å². The molecule has 2 N–H and O–H groups in total. The maximum Gasteiger partial charge on any atom is 0.268 e. The van der Waals surface area contributed by atoms with E-state index in [0.29, 0.717) is 17.3 Å². The van der Waals surface area contributed by atoms with E-state index in [1.807, 2.05) is 48.5 Å². The molecule has 1 saturated heterocycles. The van der Waals surface area contributed by atoms with E-state index in [2.05, 4.69) is 15.2 Å². The average molecular weight is 368 g/mol. The van der Waals surface area contributed by atoms with Crippen LogP contribution in [-0.2, 0) is 0 Å². The summed E-state index contributed by atoms with van der Waals surface area (Å²) in [5, 5.41) is 5.58. The zero-order valence-corrected chi connectivity index (χ0v) is 15.4. The maximum absolute atomic E-state index is 12.8. The Bertz CT molecular complexity index is 914. The third kappa shape index (κ3) is 3.48. The number of halogens is 1. The fourth-order valence-electron chi connectivity index (χ4n) is 3.63. The molecule has 0 radical (unpaired) electrons. The molecule has 0 aliphatic carbocycles. The van der Waals surface area contributed by atoms with E-state index in [1.165, 1.54) is 12.8 Å². The van der Waals surface area contributed by atoms with Crippen molar-refractivity contribution in [2.45, 2.75) is 12.8 Å². The summed E-state index contributed by atoms with van der Waals surface area (Å²) in [6.07, 6.45) is 2.52. The van der Waals surface area contributed by atoms with Crippen LogP contribution in [0, 0.1) is 0 Å². The van der Waals surface area contributed by atoms with E-state index >= 15 is 0 Å². The number of benzene rings is 2. The number of aromatic nitrogens is 1. The molecule has 0 atom stereocenters. The van der Waals surface area contributed by atoms with E-state index < -0.39 is 0 Å². The first-order chi connectivity index (χ1) is 12.7. The molecule has 0 bridgehead atoms. The van der Waals surface area contributed by atoms with E-state index in [0.717, 1.165) is 41.7 Å². The van der Waals surface area contributed by atoms with Crippen molar-refractivity contribution in [3.63, 3.8) is 0 Å². The highest BCUT2D eigenvalue weighted by Gasteiger charge is 2.18. The Kier molecular flexibility index (Phi) is 4.96. The van der Waals surface area contributed by atoms with Crippen molar-refractivity contribution in [1.29, 1.82) is 0 Å². The molecule has 26 heavy (non-hydrogen) atoms. The van der Waals surface area contributed by atoms with Crippen molar-refractivity contribution in [1.82, 2.24) is 15.2 Å². The molecule has 0 spiro atoms. The van der Waals surface area contributed by atoms with Crippen molar-refractivity contribution in [3.05, 3.63) is 59.2 Å². The Hall–Kier alpha value is -2.30. The number of nitrogens with one attached hydrogen (secondary N) is 2. The van der Waals surface area contributed by atoms with Gasteiger partial charge in [0.2, 0.25) is 0 Å². The van der Waals surface area contributed by atoms with Gasteiger partial charge >= 0.3 is 0 Å². The Morgan fingerprint density at radius 2 is 1.85 bits per heavy atom. The Morgan fingerprint density at radius 3 is 2.62 bits per heavy atom. The number of fused-ring (bicyclic) bond motifs is 1. The van der Waals surface area contributed by atoms with Gasteiger partial charge in [0.05, 0.1) is 5.69 Å². The molecular formula is C21H22ClN3O. The van der Waals surface area contributed by atoms with Gasteiger partial charge in [0.15, 0.2) is 0 Å². The predicted octanol–water partition coefficient (Wildman–Crippen LogP) is 4.31. The lowest BCUT2D eigenvalue weighted by Crippen LogP contribution is -2.33. The zero-order valence-electron chi connectivity index (χ0n) is 14.6. The first-order valence-electron chi connectivity index (χ1n) is 9.09. The van der Waals surface area contributed by atoms with Crippen LogP contribution in [0.1, 0.15) is 23.3 Å². The molecule has 0 unspecified atom stereocenters. The standard InChI is InChI=1S/C21H22ClN3O/c22-16-8-9-17-18(14-16)19(15-6-2-1-3-7-15)24-20(17)21(26)23-10-13-25-11-4-5-12-25/h1-3,6-9,14,24H,4-5,10-13H2,(H,23,26). The minimum atomic E-state index is -0.0706. The minimum Gasteiger partial charge on any atom is -0.350 e. The van der Waals surface area contributed by atoms with E-state index in [1.54, 1.807) is 0 Å². The monoisotopic (exact) mass is 367 g/mol. The van der Waals surface area contributed by atoms with Gasteiger partial charge in [-0.25, -0.2) is 0 Å². The number of hydrogen-bond acceptors (Lipinski definition) is 2. The summed E-state index contributed by atoms with van der Waals surface area (Å²) >= 11 is 6.20. The zero-order chi connectivity index (χ0) is 17.9. The summed E-state index contributed by atoms with van der Waals surface area (Å²) in [7, 11) is 0. The number of nitrogens with zero attached hydrogens (tertiary/aromatic N) is 1. The third-order valence-corrected chi connectivity index (χ3v) is 5.21. The van der Waals surface area contributed by atoms with Crippen LogP contribution in [0.15, 0.2) is 48.5 Å². The van der Waals surface area contributed by atoms with Gasteiger partial charge in [-0.2, -0.15) is 0 Å². The molecule has 134 valence electrons. The highest BCUT2D eigenvalue weighted by molar-refractivity contribution is 6.31. The second-order valence-electron chi connectivity index (χ2n) is 6.74. The van der Waals surface area contributed by atoms with Crippen molar-refractivity contribution in [2.75, 3.05) is 26.2 Å². The first-order valence-corrected chi connectivity index (χ1v) is 9.47. The molecule has 5 heteroatoms. The van der Waals surface area contributed by atoms with Crippen LogP contribution in [0.2, 0.25) is 5.02 Å². The number of hydrogen-bond donors (Lipinski definition) is 2. The Morgan fingerprint density at radius 1 is 1.08 bits per heavy atom. The molecular weight excluding hydrogens is 346 g/mol. The highest BCUT2D eigenvalue weighted by atomic mass is 35.5. The summed E-state index contributed by atoms with van der Waals surface area (Å²) in [6, 6.07) is 15.7. The average Bonchev–Trinajstić information content (AvgIpc) is 3.30. The maximum atomic E-state index is 12.8. The number of carbonyl (C=O) groups is 1. The summed E-state index contributed by atoms with van der Waals surface area (Å²) in [5.74, 6) is -0.0706. The predicted molar refractivity (Wildman–Crippen MR) is 107 cm³/mol. The van der Waals surface area contributed by atoms with Crippen molar-refractivity contribution in [3.8, 4) is 11.3 Å². The summed E-state index contributed by atoms with van der Waals surface area (Å²) in [6.45, 7) is 3.84. The van der Waals surface area contributed by atoms with Crippen LogP contribution in [0.5, 0.6) is 0 Å². The lowest BCUT2D eigenvalue weighted by Gasteiger charge is -2.14. The third-order valence-electron chi connectivity index (χ3n) is 4.97. The molecule has 1 fully saturated rings. The largest absolute Gasteiger partial charge is 0.350 e. The number of aromatic amines is 1. The molecule has 1 aliphatic rings. The number of likely N-dealkylation sites (tertiary alicyclic amines) is 1. The van der Waals surface area contributed by atoms with Gasteiger partial charge in [0.25, 0.3) is 5.91 Å². The molecule has 0 saturated carbocycles. The van der Waals surface area contributed by atoms with Crippen LogP contribution >= 0.6 is 11.6 Å². The van der Waals surface area contributed by atoms with Gasteiger partial charge in [-0.15, -0.1) is 0 Å². The highest BCUT2D eigenvalue weighted by Crippen LogP contribution is 2.32. The fourth-order valence-corrected chi connectivity index (χ4v) is 3.81. The topological polar surface area (TPSA) is 48.1 Å². The minimum absolute atomic E-state index is 0.0706. The molecule has 1 amide bonds. The molecule has 1 aliphatic heterocycles. The number of amides is 1. The molecule has 3 aromatic rings. The van der Waals surface area contributed by atoms with Gasteiger partial charge in [-0.1, -0.05) is 48.0 Å². The summed E-state index contributed by atoms with van der Waals surface area (Å²) in [5.41, 5.74) is 2.56. The molecule has 1 aromatic heterocycles. The van der Waals surface area contributed by atoms with Crippen LogP contribution in [0.25, 0.3) is 22.0 Å². The van der Waals surface area contributed by atoms with Gasteiger partial charge in [0.1, 0.15) is 5.69 Å². The molecule has 4 rings (SSSR count). The summed E-state index contributed by atoms with van der Waals surface area (Å²) in [4.78, 5) is 18.5. The Labute approximate surface area is 158 Å². The lowest BCUT2D eigenvalue weighted by molar-refractivity contribution is 0.0947. The van der Waals surface area contributed by atoms with Gasteiger partial charge in [-0.3, -0.25) is 4.79 Å². The van der Waals surface area contributed by atoms with Crippen LogP contribution in [0.4, 0.5) is 0 Å². The quantitative estimate of drug-likeness (QED) is 0.705. The Balaban J connectivity index is 1.61. The van der Waals surface area contributed by atoms with Crippen LogP contribution in [-0.4, -0.2) is 42.0 Å². The molecule has 2 aromatic carbocycles. The van der Waals surface area contributed by atoms with Gasteiger partial charge in [0, 0.05) is 28.9 Å². The van der Waals surface area contributed by atoms with Gasteiger partial charge in [-0.05, 0) is 43.6 Å².